The van der Waals surface area contributed by atoms with E-state index in [-0.39, 0.29) is 5.91 Å². The standard InChI is InChI=1S/C10H20N2O/c1-8-5-6-12(7-8)9(13)10(2,3)11-4/h8,11H,5-7H2,1-4H3. The molecule has 1 atom stereocenters. The highest BCUT2D eigenvalue weighted by molar-refractivity contribution is 5.85. The minimum absolute atomic E-state index is 0.222. The van der Waals surface area contributed by atoms with Crippen LogP contribution < -0.4 is 5.32 Å². The molecule has 76 valence electrons. The van der Waals surface area contributed by atoms with Crippen LogP contribution >= 0.6 is 0 Å². The second kappa shape index (κ2) is 3.66. The van der Waals surface area contributed by atoms with Crippen molar-refractivity contribution in [2.24, 2.45) is 5.92 Å². The maximum atomic E-state index is 11.9. The summed E-state index contributed by atoms with van der Waals surface area (Å²) in [6, 6.07) is 0. The van der Waals surface area contributed by atoms with Gasteiger partial charge in [0.25, 0.3) is 0 Å². The van der Waals surface area contributed by atoms with Crippen molar-refractivity contribution in [1.29, 1.82) is 0 Å². The molecular formula is C10H20N2O. The lowest BCUT2D eigenvalue weighted by atomic mass is 10.0. The summed E-state index contributed by atoms with van der Waals surface area (Å²) >= 11 is 0. The Morgan fingerprint density at radius 2 is 2.15 bits per heavy atom. The Hall–Kier alpha value is -0.570. The lowest BCUT2D eigenvalue weighted by molar-refractivity contribution is -0.135. The van der Waals surface area contributed by atoms with Crippen molar-refractivity contribution in [3.05, 3.63) is 0 Å². The van der Waals surface area contributed by atoms with Gasteiger partial charge in [0.15, 0.2) is 0 Å². The number of rotatable bonds is 2. The number of carbonyl (C=O) groups excluding carboxylic acids is 1. The second-order valence-electron chi connectivity index (χ2n) is 4.52. The summed E-state index contributed by atoms with van der Waals surface area (Å²) in [4.78, 5) is 13.9. The monoisotopic (exact) mass is 184 g/mol. The van der Waals surface area contributed by atoms with Crippen LogP contribution in [0.2, 0.25) is 0 Å². The fourth-order valence-corrected chi connectivity index (χ4v) is 1.62. The molecule has 13 heavy (non-hydrogen) atoms. The number of amides is 1. The average Bonchev–Trinajstić information content (AvgIpc) is 2.50. The van der Waals surface area contributed by atoms with Crippen molar-refractivity contribution in [3.63, 3.8) is 0 Å². The molecule has 1 fully saturated rings. The second-order valence-corrected chi connectivity index (χ2v) is 4.52. The summed E-state index contributed by atoms with van der Waals surface area (Å²) in [5, 5.41) is 3.04. The van der Waals surface area contributed by atoms with Crippen molar-refractivity contribution in [2.75, 3.05) is 20.1 Å². The predicted molar refractivity (Wildman–Crippen MR) is 53.5 cm³/mol. The van der Waals surface area contributed by atoms with Crippen LogP contribution in [0.5, 0.6) is 0 Å². The zero-order chi connectivity index (χ0) is 10.1. The molecule has 0 radical (unpaired) electrons. The minimum Gasteiger partial charge on any atom is -0.341 e. The first-order chi connectivity index (χ1) is 5.97. The fourth-order valence-electron chi connectivity index (χ4n) is 1.62. The maximum Gasteiger partial charge on any atom is 0.242 e. The third-order valence-electron chi connectivity index (χ3n) is 2.87. The molecule has 1 N–H and O–H groups in total. The van der Waals surface area contributed by atoms with Crippen LogP contribution in [-0.4, -0.2) is 36.5 Å². The van der Waals surface area contributed by atoms with Crippen molar-refractivity contribution < 1.29 is 4.79 Å². The molecule has 1 aliphatic rings. The van der Waals surface area contributed by atoms with E-state index in [1.54, 1.807) is 0 Å². The highest BCUT2D eigenvalue weighted by Gasteiger charge is 2.33. The molecule has 0 aromatic carbocycles. The number of nitrogens with one attached hydrogen (secondary N) is 1. The summed E-state index contributed by atoms with van der Waals surface area (Å²) in [7, 11) is 1.83. The van der Waals surface area contributed by atoms with E-state index in [9.17, 15) is 4.79 Å². The molecule has 3 nitrogen and oxygen atoms in total. The van der Waals surface area contributed by atoms with Gasteiger partial charge in [0.05, 0.1) is 5.54 Å². The summed E-state index contributed by atoms with van der Waals surface area (Å²) in [6.07, 6.45) is 1.14. The van der Waals surface area contributed by atoms with Crippen molar-refractivity contribution >= 4 is 5.91 Å². The molecule has 3 heteroatoms. The Kier molecular flexibility index (Phi) is 2.96. The molecule has 0 aliphatic carbocycles. The summed E-state index contributed by atoms with van der Waals surface area (Å²) in [5.41, 5.74) is -0.413. The van der Waals surface area contributed by atoms with Gasteiger partial charge < -0.3 is 10.2 Å². The van der Waals surface area contributed by atoms with E-state index in [1.807, 2.05) is 25.8 Å². The zero-order valence-electron chi connectivity index (χ0n) is 9.05. The molecule has 0 aromatic heterocycles. The van der Waals surface area contributed by atoms with Crippen LogP contribution in [0.25, 0.3) is 0 Å². The van der Waals surface area contributed by atoms with Crippen LogP contribution in [-0.2, 0) is 4.79 Å². The number of hydrogen-bond acceptors (Lipinski definition) is 2. The van der Waals surface area contributed by atoms with E-state index in [4.69, 9.17) is 0 Å². The van der Waals surface area contributed by atoms with Crippen LogP contribution in [0.15, 0.2) is 0 Å². The number of carbonyl (C=O) groups is 1. The molecular weight excluding hydrogens is 164 g/mol. The average molecular weight is 184 g/mol. The Labute approximate surface area is 80.5 Å². The first-order valence-electron chi connectivity index (χ1n) is 4.95. The maximum absolute atomic E-state index is 11.9. The Bertz CT molecular complexity index is 201. The van der Waals surface area contributed by atoms with E-state index >= 15 is 0 Å². The zero-order valence-corrected chi connectivity index (χ0v) is 9.05. The van der Waals surface area contributed by atoms with Gasteiger partial charge in [-0.15, -0.1) is 0 Å². The third kappa shape index (κ3) is 2.21. The number of hydrogen-bond donors (Lipinski definition) is 1. The summed E-state index contributed by atoms with van der Waals surface area (Å²) in [6.45, 7) is 7.89. The van der Waals surface area contributed by atoms with Crippen molar-refractivity contribution in [3.8, 4) is 0 Å². The fraction of sp³-hybridized carbons (Fsp3) is 0.900. The van der Waals surface area contributed by atoms with E-state index < -0.39 is 5.54 Å². The van der Waals surface area contributed by atoms with Crippen molar-refractivity contribution in [1.82, 2.24) is 10.2 Å². The Morgan fingerprint density at radius 3 is 2.54 bits per heavy atom. The Morgan fingerprint density at radius 1 is 1.54 bits per heavy atom. The van der Waals surface area contributed by atoms with Crippen LogP contribution in [0.1, 0.15) is 27.2 Å². The SMILES string of the molecule is CNC(C)(C)C(=O)N1CCC(C)C1. The number of likely N-dealkylation sites (tertiary alicyclic amines) is 1. The lowest BCUT2D eigenvalue weighted by Crippen LogP contribution is -2.52. The Balaban J connectivity index is 2.58. The van der Waals surface area contributed by atoms with Crippen LogP contribution in [0, 0.1) is 5.92 Å². The van der Waals surface area contributed by atoms with Gasteiger partial charge in [-0.3, -0.25) is 4.79 Å². The lowest BCUT2D eigenvalue weighted by Gasteiger charge is -2.28. The molecule has 0 spiro atoms. The largest absolute Gasteiger partial charge is 0.341 e. The van der Waals surface area contributed by atoms with E-state index in [2.05, 4.69) is 12.2 Å². The minimum atomic E-state index is -0.413. The molecule has 0 bridgehead atoms. The predicted octanol–water partition coefficient (Wildman–Crippen LogP) is 0.853. The molecule has 0 aromatic rings. The van der Waals surface area contributed by atoms with Crippen molar-refractivity contribution in [2.45, 2.75) is 32.7 Å². The highest BCUT2D eigenvalue weighted by Crippen LogP contribution is 2.18. The van der Waals surface area contributed by atoms with Gasteiger partial charge in [-0.05, 0) is 33.2 Å². The topological polar surface area (TPSA) is 32.3 Å². The van der Waals surface area contributed by atoms with E-state index in [1.165, 1.54) is 0 Å². The molecule has 1 heterocycles. The summed E-state index contributed by atoms with van der Waals surface area (Å²) in [5.74, 6) is 0.885. The number of nitrogens with zero attached hydrogens (tertiary/aromatic N) is 1. The smallest absolute Gasteiger partial charge is 0.242 e. The first kappa shape index (κ1) is 10.5. The molecule has 1 rings (SSSR count). The summed E-state index contributed by atoms with van der Waals surface area (Å²) < 4.78 is 0. The van der Waals surface area contributed by atoms with Gasteiger partial charge >= 0.3 is 0 Å². The quantitative estimate of drug-likeness (QED) is 0.690. The van der Waals surface area contributed by atoms with Gasteiger partial charge in [0.2, 0.25) is 5.91 Å². The third-order valence-corrected chi connectivity index (χ3v) is 2.87. The highest BCUT2D eigenvalue weighted by atomic mass is 16.2. The first-order valence-corrected chi connectivity index (χ1v) is 4.95. The van der Waals surface area contributed by atoms with Gasteiger partial charge in [0, 0.05) is 13.1 Å². The van der Waals surface area contributed by atoms with Gasteiger partial charge in [-0.2, -0.15) is 0 Å². The molecule has 0 saturated carbocycles. The normalized spacial score (nSPS) is 23.7. The number of likely N-dealkylation sites (N-methyl/N-ethyl adjacent to an activating group) is 1. The molecule has 1 unspecified atom stereocenters. The molecule has 1 amide bonds. The van der Waals surface area contributed by atoms with E-state index in [0.717, 1.165) is 19.5 Å². The molecule has 1 saturated heterocycles. The van der Waals surface area contributed by atoms with Gasteiger partial charge in [-0.25, -0.2) is 0 Å². The van der Waals surface area contributed by atoms with E-state index in [0.29, 0.717) is 5.92 Å². The molecule has 1 aliphatic heterocycles. The van der Waals surface area contributed by atoms with Gasteiger partial charge in [-0.1, -0.05) is 6.92 Å². The van der Waals surface area contributed by atoms with Crippen LogP contribution in [0.4, 0.5) is 0 Å². The van der Waals surface area contributed by atoms with Gasteiger partial charge in [0.1, 0.15) is 0 Å². The van der Waals surface area contributed by atoms with Crippen LogP contribution in [0.3, 0.4) is 0 Å².